The molecule has 1 rings (SSSR count). The Morgan fingerprint density at radius 3 is 2.65 bits per heavy atom. The first kappa shape index (κ1) is 16.6. The second-order valence-electron chi connectivity index (χ2n) is 5.22. The number of rotatable bonds is 6. The van der Waals surface area contributed by atoms with E-state index in [2.05, 4.69) is 4.72 Å². The molecule has 0 amide bonds. The lowest BCUT2D eigenvalue weighted by Crippen LogP contribution is -2.34. The monoisotopic (exact) mass is 300 g/mol. The summed E-state index contributed by atoms with van der Waals surface area (Å²) < 4.78 is 39.7. The number of nitriles is 1. The highest BCUT2D eigenvalue weighted by Gasteiger charge is 2.22. The van der Waals surface area contributed by atoms with Crippen molar-refractivity contribution in [2.75, 3.05) is 13.2 Å². The topological polar surface area (TPSA) is 90.2 Å². The van der Waals surface area contributed by atoms with Crippen LogP contribution in [0.2, 0.25) is 0 Å². The second kappa shape index (κ2) is 6.31. The molecule has 0 radical (unpaired) electrons. The van der Waals surface area contributed by atoms with Gasteiger partial charge in [0.05, 0.1) is 10.5 Å². The van der Waals surface area contributed by atoms with Gasteiger partial charge in [-0.15, -0.1) is 0 Å². The summed E-state index contributed by atoms with van der Waals surface area (Å²) in [6, 6.07) is 4.66. The molecule has 0 saturated carbocycles. The third-order valence-electron chi connectivity index (χ3n) is 2.90. The lowest BCUT2D eigenvalue weighted by atomic mass is 9.90. The molecular formula is C13H17FN2O3S. The molecule has 5 nitrogen and oxygen atoms in total. The molecule has 1 aromatic carbocycles. The number of benzene rings is 1. The van der Waals surface area contributed by atoms with Gasteiger partial charge in [-0.2, -0.15) is 5.26 Å². The molecule has 0 spiro atoms. The molecule has 110 valence electrons. The summed E-state index contributed by atoms with van der Waals surface area (Å²) in [7, 11) is -3.81. The van der Waals surface area contributed by atoms with Crippen molar-refractivity contribution in [1.82, 2.24) is 4.72 Å². The SMILES string of the molecule is CC(C)(CCO)CNS(=O)(=O)c1ccc(F)c(C#N)c1. The van der Waals surface area contributed by atoms with E-state index < -0.39 is 21.3 Å². The quantitative estimate of drug-likeness (QED) is 0.830. The highest BCUT2D eigenvalue weighted by molar-refractivity contribution is 7.89. The molecule has 0 aromatic heterocycles. The van der Waals surface area contributed by atoms with Gasteiger partial charge in [0, 0.05) is 13.2 Å². The summed E-state index contributed by atoms with van der Waals surface area (Å²) in [4.78, 5) is -0.157. The third-order valence-corrected chi connectivity index (χ3v) is 4.30. The Kier molecular flexibility index (Phi) is 5.22. The summed E-state index contributed by atoms with van der Waals surface area (Å²) in [5.41, 5.74) is -0.720. The fourth-order valence-electron chi connectivity index (χ4n) is 1.52. The lowest BCUT2D eigenvalue weighted by molar-refractivity contribution is 0.213. The Hall–Kier alpha value is -1.49. The predicted octanol–water partition coefficient (Wildman–Crippen LogP) is 1.38. The van der Waals surface area contributed by atoms with Gasteiger partial charge in [0.2, 0.25) is 10.0 Å². The summed E-state index contributed by atoms with van der Waals surface area (Å²) >= 11 is 0. The standard InChI is InChI=1S/C13H17FN2O3S/c1-13(2,5-6-17)9-16-20(18,19)11-3-4-12(14)10(7-11)8-15/h3-4,7,16-17H,5-6,9H2,1-2H3. The number of hydrogen-bond donors (Lipinski definition) is 2. The van der Waals surface area contributed by atoms with Crippen LogP contribution in [-0.4, -0.2) is 26.7 Å². The van der Waals surface area contributed by atoms with E-state index in [1.54, 1.807) is 6.07 Å². The van der Waals surface area contributed by atoms with Crippen molar-refractivity contribution in [3.8, 4) is 6.07 Å². The van der Waals surface area contributed by atoms with E-state index >= 15 is 0 Å². The normalized spacial score (nSPS) is 12.2. The number of nitrogens with one attached hydrogen (secondary N) is 1. The molecule has 0 heterocycles. The third kappa shape index (κ3) is 4.27. The van der Waals surface area contributed by atoms with Crippen LogP contribution in [-0.2, 0) is 10.0 Å². The van der Waals surface area contributed by atoms with Gasteiger partial charge in [0.25, 0.3) is 0 Å². The zero-order valence-electron chi connectivity index (χ0n) is 11.4. The molecule has 0 aliphatic carbocycles. The van der Waals surface area contributed by atoms with Crippen LogP contribution in [0.15, 0.2) is 23.1 Å². The van der Waals surface area contributed by atoms with Crippen LogP contribution in [0.25, 0.3) is 0 Å². The smallest absolute Gasteiger partial charge is 0.240 e. The van der Waals surface area contributed by atoms with Crippen LogP contribution < -0.4 is 4.72 Å². The van der Waals surface area contributed by atoms with E-state index in [9.17, 15) is 12.8 Å². The highest BCUT2D eigenvalue weighted by Crippen LogP contribution is 2.20. The molecule has 0 saturated heterocycles. The van der Waals surface area contributed by atoms with E-state index in [0.717, 1.165) is 18.2 Å². The van der Waals surface area contributed by atoms with Gasteiger partial charge >= 0.3 is 0 Å². The maximum atomic E-state index is 13.2. The molecule has 0 unspecified atom stereocenters. The number of nitrogens with zero attached hydrogens (tertiary/aromatic N) is 1. The Labute approximate surface area is 118 Å². The molecule has 0 bridgehead atoms. The number of sulfonamides is 1. The summed E-state index contributed by atoms with van der Waals surface area (Å²) in [5.74, 6) is -0.757. The second-order valence-corrected chi connectivity index (χ2v) is 6.98. The summed E-state index contributed by atoms with van der Waals surface area (Å²) in [6.45, 7) is 3.73. The van der Waals surface area contributed by atoms with E-state index in [1.165, 1.54) is 0 Å². The van der Waals surface area contributed by atoms with Gasteiger partial charge in [0.15, 0.2) is 0 Å². The van der Waals surface area contributed by atoms with Crippen LogP contribution in [0.4, 0.5) is 4.39 Å². The van der Waals surface area contributed by atoms with Gasteiger partial charge in [0.1, 0.15) is 11.9 Å². The van der Waals surface area contributed by atoms with Crippen LogP contribution in [0, 0.1) is 22.6 Å². The van der Waals surface area contributed by atoms with Gasteiger partial charge in [-0.3, -0.25) is 0 Å². The zero-order valence-corrected chi connectivity index (χ0v) is 12.2. The van der Waals surface area contributed by atoms with Crippen LogP contribution >= 0.6 is 0 Å². The fourth-order valence-corrected chi connectivity index (χ4v) is 2.79. The molecule has 20 heavy (non-hydrogen) atoms. The van der Waals surface area contributed by atoms with Crippen molar-refractivity contribution in [2.24, 2.45) is 5.41 Å². The minimum absolute atomic E-state index is 0.0378. The van der Waals surface area contributed by atoms with E-state index in [4.69, 9.17) is 10.4 Å². The van der Waals surface area contributed by atoms with Gasteiger partial charge in [-0.1, -0.05) is 13.8 Å². The average molecular weight is 300 g/mol. The molecule has 0 aliphatic heterocycles. The van der Waals surface area contributed by atoms with Crippen molar-refractivity contribution >= 4 is 10.0 Å². The number of aliphatic hydroxyl groups excluding tert-OH is 1. The number of halogens is 1. The Bertz CT molecular complexity index is 621. The van der Waals surface area contributed by atoms with Crippen LogP contribution in [0.3, 0.4) is 0 Å². The van der Waals surface area contributed by atoms with Crippen molar-refractivity contribution in [2.45, 2.75) is 25.2 Å². The molecule has 0 atom stereocenters. The molecule has 1 aromatic rings. The number of hydrogen-bond acceptors (Lipinski definition) is 4. The van der Waals surface area contributed by atoms with E-state index in [0.29, 0.717) is 6.42 Å². The maximum Gasteiger partial charge on any atom is 0.240 e. The van der Waals surface area contributed by atoms with Gasteiger partial charge in [-0.05, 0) is 30.0 Å². The Balaban J connectivity index is 2.93. The minimum Gasteiger partial charge on any atom is -0.396 e. The van der Waals surface area contributed by atoms with E-state index in [1.807, 2.05) is 13.8 Å². The summed E-state index contributed by atoms with van der Waals surface area (Å²) in [5, 5.41) is 17.6. The minimum atomic E-state index is -3.81. The predicted molar refractivity (Wildman–Crippen MR) is 71.8 cm³/mol. The maximum absolute atomic E-state index is 13.2. The molecular weight excluding hydrogens is 283 g/mol. The lowest BCUT2D eigenvalue weighted by Gasteiger charge is -2.23. The first-order valence-electron chi connectivity index (χ1n) is 6.02. The zero-order chi connectivity index (χ0) is 15.4. The highest BCUT2D eigenvalue weighted by atomic mass is 32.2. The van der Waals surface area contributed by atoms with Crippen molar-refractivity contribution in [1.29, 1.82) is 5.26 Å². The number of aliphatic hydroxyl groups is 1. The average Bonchev–Trinajstić information content (AvgIpc) is 2.37. The molecule has 0 aliphatic rings. The first-order chi connectivity index (χ1) is 9.22. The Morgan fingerprint density at radius 1 is 1.45 bits per heavy atom. The largest absolute Gasteiger partial charge is 0.396 e. The molecule has 2 N–H and O–H groups in total. The van der Waals surface area contributed by atoms with Crippen LogP contribution in [0.1, 0.15) is 25.8 Å². The fraction of sp³-hybridized carbons (Fsp3) is 0.462. The first-order valence-corrected chi connectivity index (χ1v) is 7.50. The van der Waals surface area contributed by atoms with Gasteiger partial charge in [-0.25, -0.2) is 17.5 Å². The van der Waals surface area contributed by atoms with Gasteiger partial charge < -0.3 is 5.11 Å². The van der Waals surface area contributed by atoms with Crippen molar-refractivity contribution in [3.05, 3.63) is 29.6 Å². The van der Waals surface area contributed by atoms with Crippen molar-refractivity contribution < 1.29 is 17.9 Å². The molecule has 7 heteroatoms. The summed E-state index contributed by atoms with van der Waals surface area (Å²) in [6.07, 6.45) is 0.447. The Morgan fingerprint density at radius 2 is 2.10 bits per heavy atom. The van der Waals surface area contributed by atoms with Crippen molar-refractivity contribution in [3.63, 3.8) is 0 Å². The molecule has 0 fully saturated rings. The van der Waals surface area contributed by atoms with Crippen LogP contribution in [0.5, 0.6) is 0 Å². The van der Waals surface area contributed by atoms with E-state index in [-0.39, 0.29) is 23.6 Å².